The van der Waals surface area contributed by atoms with Crippen molar-refractivity contribution in [1.29, 1.82) is 0 Å². The van der Waals surface area contributed by atoms with Crippen molar-refractivity contribution in [2.75, 3.05) is 19.7 Å². The lowest BCUT2D eigenvalue weighted by molar-refractivity contribution is -0.0907. The first-order valence-electron chi connectivity index (χ1n) is 7.88. The Hall–Kier alpha value is -2.19. The zero-order chi connectivity index (χ0) is 16.7. The van der Waals surface area contributed by atoms with E-state index < -0.39 is 11.6 Å². The predicted molar refractivity (Wildman–Crippen MR) is 86.3 cm³/mol. The summed E-state index contributed by atoms with van der Waals surface area (Å²) in [4.78, 5) is 33.7. The van der Waals surface area contributed by atoms with E-state index in [4.69, 9.17) is 4.74 Å². The van der Waals surface area contributed by atoms with Gasteiger partial charge in [-0.1, -0.05) is 0 Å². The van der Waals surface area contributed by atoms with E-state index in [-0.39, 0.29) is 5.91 Å². The van der Waals surface area contributed by atoms with Gasteiger partial charge in [-0.3, -0.25) is 4.79 Å². The second-order valence-electron chi connectivity index (χ2n) is 6.09. The van der Waals surface area contributed by atoms with Crippen LogP contribution in [0.25, 0.3) is 0 Å². The van der Waals surface area contributed by atoms with Crippen molar-refractivity contribution in [2.45, 2.75) is 24.9 Å². The van der Waals surface area contributed by atoms with Crippen LogP contribution in [0.4, 0.5) is 0 Å². The van der Waals surface area contributed by atoms with Gasteiger partial charge in [0.25, 0.3) is 5.91 Å². The summed E-state index contributed by atoms with van der Waals surface area (Å²) in [6.45, 7) is 1.73. The highest BCUT2D eigenvalue weighted by Gasteiger charge is 2.43. The topological polar surface area (TPSA) is 95.5 Å². The fraction of sp³-hybridized carbons (Fsp3) is 0.438. The first kappa shape index (κ1) is 15.3. The Morgan fingerprint density at radius 1 is 1.38 bits per heavy atom. The molecule has 1 spiro atoms. The zero-order valence-corrected chi connectivity index (χ0v) is 13.8. The Balaban J connectivity index is 1.55. The molecular formula is C16H17N3O4S. The third kappa shape index (κ3) is 2.42. The number of nitrogens with zero attached hydrogens (tertiary/aromatic N) is 2. The SMILES string of the molecule is O=C(O)c1cc2c(s1)C1(CCN(C(=O)c3ncc[nH]3)CC1)OCC2. The summed E-state index contributed by atoms with van der Waals surface area (Å²) in [5.74, 6) is -0.654. The van der Waals surface area contributed by atoms with E-state index in [0.717, 1.165) is 16.9 Å². The largest absolute Gasteiger partial charge is 0.477 e. The molecule has 126 valence electrons. The Labute approximate surface area is 142 Å². The van der Waals surface area contributed by atoms with Crippen molar-refractivity contribution >= 4 is 23.2 Å². The molecule has 4 heterocycles. The lowest BCUT2D eigenvalue weighted by atomic mass is 9.85. The van der Waals surface area contributed by atoms with Gasteiger partial charge in [0.15, 0.2) is 5.82 Å². The Morgan fingerprint density at radius 2 is 2.17 bits per heavy atom. The quantitative estimate of drug-likeness (QED) is 0.865. The normalized spacial score (nSPS) is 19.2. The average Bonchev–Trinajstić information content (AvgIpc) is 3.25. The van der Waals surface area contributed by atoms with Gasteiger partial charge in [-0.2, -0.15) is 0 Å². The van der Waals surface area contributed by atoms with Crippen LogP contribution in [0.2, 0.25) is 0 Å². The minimum Gasteiger partial charge on any atom is -0.477 e. The van der Waals surface area contributed by atoms with E-state index in [1.165, 1.54) is 11.3 Å². The van der Waals surface area contributed by atoms with Gasteiger partial charge < -0.3 is 19.7 Å². The van der Waals surface area contributed by atoms with Crippen LogP contribution >= 0.6 is 11.3 Å². The molecule has 2 aromatic heterocycles. The van der Waals surface area contributed by atoms with Crippen LogP contribution in [0.3, 0.4) is 0 Å². The van der Waals surface area contributed by atoms with Crippen molar-refractivity contribution in [3.05, 3.63) is 39.6 Å². The van der Waals surface area contributed by atoms with E-state index in [9.17, 15) is 14.7 Å². The molecule has 7 nitrogen and oxygen atoms in total. The summed E-state index contributed by atoms with van der Waals surface area (Å²) in [6, 6.07) is 1.77. The summed E-state index contributed by atoms with van der Waals surface area (Å²) in [7, 11) is 0. The number of H-pyrrole nitrogens is 1. The highest BCUT2D eigenvalue weighted by atomic mass is 32.1. The molecule has 0 bridgehead atoms. The molecule has 0 unspecified atom stereocenters. The zero-order valence-electron chi connectivity index (χ0n) is 12.9. The molecule has 1 saturated heterocycles. The van der Waals surface area contributed by atoms with E-state index in [1.54, 1.807) is 23.4 Å². The molecule has 0 aromatic carbocycles. The predicted octanol–water partition coefficient (Wildman–Crippen LogP) is 1.87. The molecule has 1 amide bonds. The number of carboxylic acids is 1. The molecule has 2 aromatic rings. The maximum atomic E-state index is 12.4. The number of hydrogen-bond acceptors (Lipinski definition) is 5. The molecule has 0 aliphatic carbocycles. The van der Waals surface area contributed by atoms with Crippen LogP contribution in [0.15, 0.2) is 18.5 Å². The number of rotatable bonds is 2. The number of aromatic nitrogens is 2. The van der Waals surface area contributed by atoms with Crippen LogP contribution < -0.4 is 0 Å². The molecule has 8 heteroatoms. The second kappa shape index (κ2) is 5.71. The number of ether oxygens (including phenoxy) is 1. The number of piperidine rings is 1. The maximum absolute atomic E-state index is 12.4. The summed E-state index contributed by atoms with van der Waals surface area (Å²) in [6.07, 6.45) is 5.29. The fourth-order valence-corrected chi connectivity index (χ4v) is 4.75. The van der Waals surface area contributed by atoms with Crippen molar-refractivity contribution in [1.82, 2.24) is 14.9 Å². The van der Waals surface area contributed by atoms with Crippen LogP contribution in [-0.4, -0.2) is 51.5 Å². The van der Waals surface area contributed by atoms with Crippen LogP contribution in [0.5, 0.6) is 0 Å². The number of aromatic carboxylic acids is 1. The highest BCUT2D eigenvalue weighted by Crippen LogP contribution is 2.45. The smallest absolute Gasteiger partial charge is 0.345 e. The molecule has 1 fully saturated rings. The number of thiophene rings is 1. The van der Waals surface area contributed by atoms with Gasteiger partial charge in [0, 0.05) is 30.4 Å². The van der Waals surface area contributed by atoms with Crippen LogP contribution in [0.1, 0.15) is 43.6 Å². The van der Waals surface area contributed by atoms with Gasteiger partial charge in [-0.15, -0.1) is 11.3 Å². The van der Waals surface area contributed by atoms with Crippen molar-refractivity contribution in [3.8, 4) is 0 Å². The molecule has 0 atom stereocenters. The third-order valence-electron chi connectivity index (χ3n) is 4.74. The summed E-state index contributed by atoms with van der Waals surface area (Å²) < 4.78 is 6.10. The molecule has 0 radical (unpaired) electrons. The number of hydrogen-bond donors (Lipinski definition) is 2. The Bertz CT molecular complexity index is 775. The Kier molecular flexibility index (Phi) is 3.65. The van der Waals surface area contributed by atoms with Gasteiger partial charge in [0.1, 0.15) is 10.5 Å². The average molecular weight is 347 g/mol. The monoisotopic (exact) mass is 347 g/mol. The fourth-order valence-electron chi connectivity index (χ4n) is 3.50. The lowest BCUT2D eigenvalue weighted by Gasteiger charge is -2.43. The molecule has 4 rings (SSSR count). The number of aromatic amines is 1. The maximum Gasteiger partial charge on any atom is 0.345 e. The lowest BCUT2D eigenvalue weighted by Crippen LogP contribution is -2.48. The van der Waals surface area contributed by atoms with Gasteiger partial charge >= 0.3 is 5.97 Å². The molecule has 0 saturated carbocycles. The van der Waals surface area contributed by atoms with Crippen molar-refractivity contribution < 1.29 is 19.4 Å². The van der Waals surface area contributed by atoms with Gasteiger partial charge in [0.05, 0.1) is 6.61 Å². The van der Waals surface area contributed by atoms with E-state index >= 15 is 0 Å². The minimum absolute atomic E-state index is 0.108. The standard InChI is InChI=1S/C16H17N3O4S/c20-14(13-17-4-5-18-13)19-6-2-16(3-7-19)12-10(1-8-23-16)9-11(24-12)15(21)22/h4-5,9H,1-3,6-8H2,(H,17,18)(H,21,22). The first-order valence-corrected chi connectivity index (χ1v) is 8.70. The summed E-state index contributed by atoms with van der Waals surface area (Å²) in [5, 5.41) is 9.25. The number of imidazole rings is 1. The molecule has 2 N–H and O–H groups in total. The number of nitrogens with one attached hydrogen (secondary N) is 1. The molecule has 2 aliphatic rings. The number of amides is 1. The number of carbonyl (C=O) groups excluding carboxylic acids is 1. The summed E-state index contributed by atoms with van der Waals surface area (Å²) >= 11 is 1.31. The van der Waals surface area contributed by atoms with E-state index in [1.807, 2.05) is 0 Å². The molecule has 2 aliphatic heterocycles. The minimum atomic E-state index is -0.894. The number of carboxylic acid groups (broad SMARTS) is 1. The van der Waals surface area contributed by atoms with Gasteiger partial charge in [-0.05, 0) is 30.9 Å². The number of fused-ring (bicyclic) bond motifs is 2. The molecule has 24 heavy (non-hydrogen) atoms. The van der Waals surface area contributed by atoms with Crippen molar-refractivity contribution in [2.24, 2.45) is 0 Å². The summed E-state index contributed by atoms with van der Waals surface area (Å²) in [5.41, 5.74) is 0.626. The third-order valence-corrected chi connectivity index (χ3v) is 6.09. The van der Waals surface area contributed by atoms with Gasteiger partial charge in [0.2, 0.25) is 0 Å². The van der Waals surface area contributed by atoms with E-state index in [0.29, 0.717) is 43.2 Å². The first-order chi connectivity index (χ1) is 11.6. The second-order valence-corrected chi connectivity index (χ2v) is 7.15. The Morgan fingerprint density at radius 3 is 2.83 bits per heavy atom. The highest BCUT2D eigenvalue weighted by molar-refractivity contribution is 7.14. The molecular weight excluding hydrogens is 330 g/mol. The number of likely N-dealkylation sites (tertiary alicyclic amines) is 1. The van der Waals surface area contributed by atoms with E-state index in [2.05, 4.69) is 9.97 Å². The van der Waals surface area contributed by atoms with Crippen molar-refractivity contribution in [3.63, 3.8) is 0 Å². The van der Waals surface area contributed by atoms with Crippen LogP contribution in [-0.2, 0) is 16.8 Å². The van der Waals surface area contributed by atoms with Gasteiger partial charge in [-0.25, -0.2) is 9.78 Å². The van der Waals surface area contributed by atoms with Crippen LogP contribution in [0, 0.1) is 0 Å². The number of carbonyl (C=O) groups is 2.